The zero-order chi connectivity index (χ0) is 25.8. The Bertz CT molecular complexity index is 1200. The molecule has 2 aromatic carbocycles. The third kappa shape index (κ3) is 6.60. The number of Topliss-reactive ketones (excluding diaryl/α,β-unsaturated/α-hetero) is 1. The van der Waals surface area contributed by atoms with Gasteiger partial charge in [0, 0.05) is 25.7 Å². The second-order valence-electron chi connectivity index (χ2n) is 8.01. The molecule has 11 heteroatoms. The Morgan fingerprint density at radius 1 is 1.14 bits per heavy atom. The normalized spacial score (nSPS) is 13.1. The number of aromatic carboxylic acids is 1. The number of phenolic OH excluding ortho intramolecular Hbond substituents is 1. The van der Waals surface area contributed by atoms with E-state index in [2.05, 4.69) is 4.98 Å². The summed E-state index contributed by atoms with van der Waals surface area (Å²) in [5.41, 5.74) is 5.51. The summed E-state index contributed by atoms with van der Waals surface area (Å²) in [6, 6.07) is 9.22. The lowest BCUT2D eigenvalue weighted by atomic mass is 10.0. The largest absolute Gasteiger partial charge is 0.506 e. The van der Waals surface area contributed by atoms with Gasteiger partial charge in [0.15, 0.2) is 11.5 Å². The highest BCUT2D eigenvalue weighted by Gasteiger charge is 2.41. The van der Waals surface area contributed by atoms with E-state index in [0.29, 0.717) is 24.9 Å². The number of carbonyl (C=O) groups excluding carboxylic acids is 1. The molecule has 1 saturated carbocycles. The van der Waals surface area contributed by atoms with Gasteiger partial charge < -0.3 is 25.3 Å². The third-order valence-electron chi connectivity index (χ3n) is 5.21. The van der Waals surface area contributed by atoms with Crippen LogP contribution >= 0.6 is 0 Å². The van der Waals surface area contributed by atoms with Gasteiger partial charge >= 0.3 is 12.1 Å². The summed E-state index contributed by atoms with van der Waals surface area (Å²) in [5.74, 6) is -3.32. The van der Waals surface area contributed by atoms with Crippen LogP contribution in [0.1, 0.15) is 50.4 Å². The van der Waals surface area contributed by atoms with Gasteiger partial charge in [-0.15, -0.1) is 0 Å². The smallest absolute Gasteiger partial charge is 0.423 e. The van der Waals surface area contributed by atoms with Crippen molar-refractivity contribution in [3.05, 3.63) is 76.9 Å². The van der Waals surface area contributed by atoms with E-state index >= 15 is 0 Å². The van der Waals surface area contributed by atoms with Gasteiger partial charge in [-0.3, -0.25) is 4.79 Å². The number of rotatable bonds is 7. The average molecular weight is 491 g/mol. The molecule has 35 heavy (non-hydrogen) atoms. The number of ether oxygens (including phenoxy) is 1. The molecule has 0 saturated heterocycles. The Kier molecular flexibility index (Phi) is 7.80. The van der Waals surface area contributed by atoms with Crippen molar-refractivity contribution in [2.75, 3.05) is 0 Å². The Hall–Kier alpha value is -3.86. The van der Waals surface area contributed by atoms with E-state index in [1.807, 2.05) is 0 Å². The molecule has 0 unspecified atom stereocenters. The number of alkyl halides is 3. The van der Waals surface area contributed by atoms with Crippen molar-refractivity contribution in [2.45, 2.75) is 32.2 Å². The number of halogens is 3. The highest BCUT2D eigenvalue weighted by Crippen LogP contribution is 2.46. The molecule has 0 atom stereocenters. The Labute approximate surface area is 198 Å². The minimum absolute atomic E-state index is 0.0810. The molecule has 0 aliphatic heterocycles. The van der Waals surface area contributed by atoms with Crippen LogP contribution in [0.15, 0.2) is 48.9 Å². The summed E-state index contributed by atoms with van der Waals surface area (Å²) in [5, 5.41) is 18.4. The molecule has 1 fully saturated rings. The van der Waals surface area contributed by atoms with Crippen LogP contribution in [0.5, 0.6) is 11.5 Å². The third-order valence-corrected chi connectivity index (χ3v) is 5.21. The summed E-state index contributed by atoms with van der Waals surface area (Å²) >= 11 is 0. The molecule has 4 N–H and O–H groups in total. The Morgan fingerprint density at radius 2 is 1.77 bits per heavy atom. The molecule has 0 radical (unpaired) electrons. The lowest BCUT2D eigenvalue weighted by molar-refractivity contribution is -0.140. The molecule has 1 heterocycles. The summed E-state index contributed by atoms with van der Waals surface area (Å²) in [6.07, 6.45) is -0.679. The summed E-state index contributed by atoms with van der Waals surface area (Å²) in [7, 11) is 1.72. The standard InChI is InChI=1S/C19H18F3NO3.C5H6N2O2/c20-19(21,22)16-15(26-10-12-3-1-11(9-23)2-4-12)8-7-14(18(16)25)17(24)13-5-6-13;1-7-2-4(5(8)9)6-3-7/h1-4,7-8,13,25H,5-6,9-10,23H2;2-3H,1H3,(H,8,9). The number of ketones is 1. The van der Waals surface area contributed by atoms with E-state index in [1.54, 1.807) is 35.9 Å². The molecule has 8 nitrogen and oxygen atoms in total. The lowest BCUT2D eigenvalue weighted by Crippen LogP contribution is -2.12. The lowest BCUT2D eigenvalue weighted by Gasteiger charge is -2.17. The number of carboxylic acids is 1. The van der Waals surface area contributed by atoms with Gasteiger partial charge in [-0.05, 0) is 36.1 Å². The van der Waals surface area contributed by atoms with Crippen LogP contribution in [0, 0.1) is 5.92 Å². The van der Waals surface area contributed by atoms with Crippen molar-refractivity contribution in [3.8, 4) is 11.5 Å². The van der Waals surface area contributed by atoms with Crippen molar-refractivity contribution >= 4 is 11.8 Å². The topological polar surface area (TPSA) is 128 Å². The molecule has 186 valence electrons. The molecule has 1 aliphatic carbocycles. The van der Waals surface area contributed by atoms with Gasteiger partial charge in [0.25, 0.3) is 0 Å². The maximum atomic E-state index is 13.4. The fourth-order valence-corrected chi connectivity index (χ4v) is 3.19. The van der Waals surface area contributed by atoms with Crippen LogP contribution in [0.2, 0.25) is 0 Å². The molecule has 3 aromatic rings. The monoisotopic (exact) mass is 491 g/mol. The first-order valence-electron chi connectivity index (χ1n) is 10.6. The molecular weight excluding hydrogens is 467 g/mol. The van der Waals surface area contributed by atoms with E-state index in [9.17, 15) is 27.9 Å². The first kappa shape index (κ1) is 25.8. The second-order valence-corrected chi connectivity index (χ2v) is 8.01. The number of nitrogens with two attached hydrogens (primary N) is 1. The van der Waals surface area contributed by atoms with E-state index in [1.165, 1.54) is 18.6 Å². The van der Waals surface area contributed by atoms with Gasteiger partial charge in [0.1, 0.15) is 23.7 Å². The molecule has 1 aromatic heterocycles. The minimum Gasteiger partial charge on any atom is -0.506 e. The SMILES string of the molecule is Cn1cnc(C(=O)O)c1.NCc1ccc(COc2ccc(C(=O)C3CC3)c(O)c2C(F)(F)F)cc1. The van der Waals surface area contributed by atoms with E-state index in [4.69, 9.17) is 15.6 Å². The number of imidazole rings is 1. The average Bonchev–Trinajstić information content (AvgIpc) is 3.57. The van der Waals surface area contributed by atoms with Crippen LogP contribution in [-0.4, -0.2) is 31.5 Å². The Balaban J connectivity index is 0.000000320. The van der Waals surface area contributed by atoms with Crippen molar-refractivity contribution in [1.82, 2.24) is 9.55 Å². The number of hydrogen-bond donors (Lipinski definition) is 3. The quantitative estimate of drug-likeness (QED) is 0.424. The van der Waals surface area contributed by atoms with Crippen LogP contribution in [0.3, 0.4) is 0 Å². The van der Waals surface area contributed by atoms with Gasteiger partial charge in [0.2, 0.25) is 0 Å². The Morgan fingerprint density at radius 3 is 2.23 bits per heavy atom. The first-order valence-corrected chi connectivity index (χ1v) is 10.6. The molecule has 1 aliphatic rings. The number of nitrogens with zero attached hydrogens (tertiary/aromatic N) is 2. The fraction of sp³-hybridized carbons (Fsp3) is 0.292. The molecular formula is C24H24F3N3O5. The van der Waals surface area contributed by atoms with E-state index in [0.717, 1.165) is 11.6 Å². The maximum absolute atomic E-state index is 13.4. The van der Waals surface area contributed by atoms with Crippen molar-refractivity contribution < 1.29 is 37.7 Å². The number of benzene rings is 2. The number of hydrogen-bond acceptors (Lipinski definition) is 6. The molecule has 0 bridgehead atoms. The van der Waals surface area contributed by atoms with Crippen LogP contribution in [-0.2, 0) is 26.4 Å². The van der Waals surface area contributed by atoms with Crippen molar-refractivity contribution in [3.63, 3.8) is 0 Å². The highest BCUT2D eigenvalue weighted by atomic mass is 19.4. The zero-order valence-electron chi connectivity index (χ0n) is 18.7. The number of aromatic nitrogens is 2. The van der Waals surface area contributed by atoms with Crippen LogP contribution in [0.4, 0.5) is 13.2 Å². The van der Waals surface area contributed by atoms with Gasteiger partial charge in [-0.2, -0.15) is 13.2 Å². The fourth-order valence-electron chi connectivity index (χ4n) is 3.19. The highest BCUT2D eigenvalue weighted by molar-refractivity contribution is 6.02. The van der Waals surface area contributed by atoms with Gasteiger partial charge in [-0.1, -0.05) is 24.3 Å². The molecule has 0 spiro atoms. The van der Waals surface area contributed by atoms with Gasteiger partial charge in [0.05, 0.1) is 11.9 Å². The second kappa shape index (κ2) is 10.6. The minimum atomic E-state index is -4.84. The maximum Gasteiger partial charge on any atom is 0.423 e. The molecule has 0 amide bonds. The van der Waals surface area contributed by atoms with Crippen LogP contribution in [0.25, 0.3) is 0 Å². The van der Waals surface area contributed by atoms with Crippen molar-refractivity contribution in [2.24, 2.45) is 18.7 Å². The zero-order valence-corrected chi connectivity index (χ0v) is 18.7. The number of carbonyl (C=O) groups is 2. The summed E-state index contributed by atoms with van der Waals surface area (Å²) < 4.78 is 47.2. The first-order chi connectivity index (χ1) is 16.5. The van der Waals surface area contributed by atoms with Crippen molar-refractivity contribution in [1.29, 1.82) is 0 Å². The predicted molar refractivity (Wildman–Crippen MR) is 119 cm³/mol. The molecule has 4 rings (SSSR count). The summed E-state index contributed by atoms with van der Waals surface area (Å²) in [4.78, 5) is 25.8. The van der Waals surface area contributed by atoms with Gasteiger partial charge in [-0.25, -0.2) is 9.78 Å². The number of aromatic hydroxyl groups is 1. The van der Waals surface area contributed by atoms with E-state index in [-0.39, 0.29) is 23.8 Å². The van der Waals surface area contributed by atoms with Crippen LogP contribution < -0.4 is 10.5 Å². The number of aryl methyl sites for hydroxylation is 1. The number of phenols is 1. The number of carboxylic acid groups (broad SMARTS) is 1. The summed E-state index contributed by atoms with van der Waals surface area (Å²) in [6.45, 7) is 0.257. The predicted octanol–water partition coefficient (Wildman–Crippen LogP) is 4.16. The van der Waals surface area contributed by atoms with E-state index < -0.39 is 35.0 Å².